The van der Waals surface area contributed by atoms with Gasteiger partial charge in [-0.2, -0.15) is 12.6 Å². The molecule has 0 aliphatic carbocycles. The molecule has 0 saturated carbocycles. The van der Waals surface area contributed by atoms with Crippen molar-refractivity contribution >= 4 is 30.5 Å². The Labute approximate surface area is 131 Å². The molecule has 0 heterocycles. The van der Waals surface area contributed by atoms with Gasteiger partial charge in [0.05, 0.1) is 7.11 Å². The number of rotatable bonds is 8. The number of carbonyl (C=O) groups excluding carboxylic acids is 2. The van der Waals surface area contributed by atoms with Crippen molar-refractivity contribution in [3.05, 3.63) is 12.2 Å². The number of ether oxygens (including phenoxy) is 2. The average Bonchev–Trinajstić information content (AvgIpc) is 2.41. The van der Waals surface area contributed by atoms with Gasteiger partial charge >= 0.3 is 6.16 Å². The molecule has 0 saturated heterocycles. The highest BCUT2D eigenvalue weighted by Crippen LogP contribution is 2.19. The van der Waals surface area contributed by atoms with Crippen molar-refractivity contribution in [3.63, 3.8) is 0 Å². The van der Waals surface area contributed by atoms with Crippen molar-refractivity contribution in [3.8, 4) is 0 Å². The summed E-state index contributed by atoms with van der Waals surface area (Å²) in [6, 6.07) is 0. The van der Waals surface area contributed by atoms with Crippen LogP contribution in [0.5, 0.6) is 0 Å². The first-order valence-corrected chi connectivity index (χ1v) is 7.23. The Hall–Kier alpha value is -1.50. The van der Waals surface area contributed by atoms with Gasteiger partial charge in [-0.05, 0) is 29.6 Å². The van der Waals surface area contributed by atoms with Crippen molar-refractivity contribution in [2.24, 2.45) is 16.9 Å². The molecule has 2 N–H and O–H groups in total. The minimum atomic E-state index is -0.915. The topological polar surface area (TPSA) is 91.0 Å². The number of carbonyl (C=O) groups is 2. The fourth-order valence-corrected chi connectivity index (χ4v) is 2.24. The van der Waals surface area contributed by atoms with Crippen molar-refractivity contribution in [2.75, 3.05) is 7.11 Å². The predicted molar refractivity (Wildman–Crippen MR) is 85.3 cm³/mol. The minimum Gasteiger partial charge on any atom is -0.437 e. The summed E-state index contributed by atoms with van der Waals surface area (Å²) in [5, 5.41) is 3.59. The van der Waals surface area contributed by atoms with Gasteiger partial charge in [-0.25, -0.2) is 4.79 Å². The smallest absolute Gasteiger partial charge is 0.437 e. The molecule has 0 amide bonds. The molecule has 0 aromatic heterocycles. The van der Waals surface area contributed by atoms with Gasteiger partial charge in [-0.15, -0.1) is 5.10 Å². The van der Waals surface area contributed by atoms with E-state index in [9.17, 15) is 9.59 Å². The normalized spacial score (nSPS) is 14.2. The first-order valence-electron chi connectivity index (χ1n) is 6.71. The van der Waals surface area contributed by atoms with Crippen molar-refractivity contribution in [1.82, 2.24) is 0 Å². The Bertz CT molecular complexity index is 408. The molecular formula is C14H24N2O4S. The average molecular weight is 316 g/mol. The lowest BCUT2D eigenvalue weighted by molar-refractivity contribution is -0.115. The standard InChI is InChI=1S/C14H24N2O4S/c1-9(8-11(3)21)7-10(2)12(17)5-6-13(16-15)20-14(18)19-4/h9,11,21H,2,5-8,15H2,1,3-4H3/b16-13-. The quantitative estimate of drug-likeness (QED) is 0.137. The molecule has 7 heteroatoms. The van der Waals surface area contributed by atoms with E-state index in [1.54, 1.807) is 0 Å². The van der Waals surface area contributed by atoms with E-state index < -0.39 is 6.16 Å². The second-order valence-corrected chi connectivity index (χ2v) is 5.88. The minimum absolute atomic E-state index is 0.0416. The van der Waals surface area contributed by atoms with E-state index in [1.165, 1.54) is 7.11 Å². The van der Waals surface area contributed by atoms with E-state index in [0.717, 1.165) is 6.42 Å². The molecule has 6 nitrogen and oxygen atoms in total. The van der Waals surface area contributed by atoms with Gasteiger partial charge in [-0.3, -0.25) is 4.79 Å². The Balaban J connectivity index is 4.23. The zero-order chi connectivity index (χ0) is 16.4. The number of thiol groups is 1. The van der Waals surface area contributed by atoms with E-state index in [1.807, 2.05) is 6.92 Å². The number of methoxy groups -OCH3 is 1. The van der Waals surface area contributed by atoms with Crippen LogP contribution < -0.4 is 5.84 Å². The van der Waals surface area contributed by atoms with Crippen LogP contribution in [0.3, 0.4) is 0 Å². The first-order chi connectivity index (χ1) is 9.79. The lowest BCUT2D eigenvalue weighted by Crippen LogP contribution is -2.16. The van der Waals surface area contributed by atoms with Crippen LogP contribution in [-0.4, -0.2) is 30.2 Å². The van der Waals surface area contributed by atoms with Crippen molar-refractivity contribution in [1.29, 1.82) is 0 Å². The fourth-order valence-electron chi connectivity index (χ4n) is 1.88. The Morgan fingerprint density at radius 2 is 1.95 bits per heavy atom. The van der Waals surface area contributed by atoms with Gasteiger partial charge in [0.2, 0.25) is 5.90 Å². The zero-order valence-electron chi connectivity index (χ0n) is 12.8. The molecule has 0 fully saturated rings. The maximum Gasteiger partial charge on any atom is 0.514 e. The summed E-state index contributed by atoms with van der Waals surface area (Å²) in [6.07, 6.45) is 0.880. The maximum absolute atomic E-state index is 12.0. The van der Waals surface area contributed by atoms with Crippen molar-refractivity contribution < 1.29 is 19.1 Å². The predicted octanol–water partition coefficient (Wildman–Crippen LogP) is 2.68. The molecule has 120 valence electrons. The molecule has 0 bridgehead atoms. The summed E-state index contributed by atoms with van der Waals surface area (Å²) < 4.78 is 9.00. The number of nitrogens with two attached hydrogens (primary N) is 1. The molecule has 0 aromatic rings. The van der Waals surface area contributed by atoms with Gasteiger partial charge in [0, 0.05) is 12.8 Å². The second-order valence-electron chi connectivity index (χ2n) is 5.00. The summed E-state index contributed by atoms with van der Waals surface area (Å²) in [7, 11) is 1.17. The van der Waals surface area contributed by atoms with Gasteiger partial charge in [0.1, 0.15) is 0 Å². The summed E-state index contributed by atoms with van der Waals surface area (Å²) in [5.41, 5.74) is 0.547. The number of hydrogen-bond acceptors (Lipinski definition) is 7. The highest BCUT2D eigenvalue weighted by Gasteiger charge is 2.15. The lowest BCUT2D eigenvalue weighted by atomic mass is 9.94. The summed E-state index contributed by atoms with van der Waals surface area (Å²) >= 11 is 4.33. The van der Waals surface area contributed by atoms with Gasteiger partial charge in [0.25, 0.3) is 0 Å². The van der Waals surface area contributed by atoms with Crippen LogP contribution in [0.15, 0.2) is 17.3 Å². The van der Waals surface area contributed by atoms with Crippen LogP contribution >= 0.6 is 12.6 Å². The van der Waals surface area contributed by atoms with Gasteiger partial charge < -0.3 is 15.3 Å². The molecule has 0 radical (unpaired) electrons. The highest BCUT2D eigenvalue weighted by molar-refractivity contribution is 7.80. The molecule has 0 aliphatic rings. The van der Waals surface area contributed by atoms with E-state index in [2.05, 4.69) is 40.7 Å². The number of allylic oxidation sites excluding steroid dienone is 1. The van der Waals surface area contributed by atoms with E-state index >= 15 is 0 Å². The number of Topliss-reactive ketones (excluding diaryl/α,β-unsaturated/α-hetero) is 1. The molecule has 0 aromatic carbocycles. The van der Waals surface area contributed by atoms with E-state index in [0.29, 0.717) is 17.9 Å². The summed E-state index contributed by atoms with van der Waals surface area (Å²) in [5.74, 6) is 5.29. The zero-order valence-corrected chi connectivity index (χ0v) is 13.7. The van der Waals surface area contributed by atoms with Gasteiger partial charge in [-0.1, -0.05) is 20.4 Å². The van der Waals surface area contributed by atoms with Crippen LogP contribution in [0.4, 0.5) is 4.79 Å². The fraction of sp³-hybridized carbons (Fsp3) is 0.643. The molecule has 21 heavy (non-hydrogen) atoms. The number of nitrogens with zero attached hydrogens (tertiary/aromatic N) is 1. The van der Waals surface area contributed by atoms with Crippen LogP contribution in [0.25, 0.3) is 0 Å². The van der Waals surface area contributed by atoms with Crippen LogP contribution in [0.1, 0.15) is 39.5 Å². The molecule has 0 spiro atoms. The lowest BCUT2D eigenvalue weighted by Gasteiger charge is -2.14. The number of ketones is 1. The van der Waals surface area contributed by atoms with Crippen LogP contribution in [0, 0.1) is 5.92 Å². The maximum atomic E-state index is 12.0. The SMILES string of the molecule is C=C(CC(C)CC(C)S)C(=O)CC/C(=N/N)OC(=O)OC. The van der Waals surface area contributed by atoms with Crippen LogP contribution in [0.2, 0.25) is 0 Å². The highest BCUT2D eigenvalue weighted by atomic mass is 32.1. The number of hydrogen-bond donors (Lipinski definition) is 2. The van der Waals surface area contributed by atoms with E-state index in [-0.39, 0.29) is 29.8 Å². The molecular weight excluding hydrogens is 292 g/mol. The Morgan fingerprint density at radius 1 is 1.33 bits per heavy atom. The van der Waals surface area contributed by atoms with Crippen LogP contribution in [-0.2, 0) is 14.3 Å². The summed E-state index contributed by atoms with van der Waals surface area (Å²) in [4.78, 5) is 22.9. The third-order valence-electron chi connectivity index (χ3n) is 2.81. The first kappa shape index (κ1) is 19.5. The molecule has 2 atom stereocenters. The largest absolute Gasteiger partial charge is 0.514 e. The Kier molecular flexibility index (Phi) is 9.53. The number of hydrazone groups is 1. The molecule has 0 rings (SSSR count). The Morgan fingerprint density at radius 3 is 2.43 bits per heavy atom. The third-order valence-corrected chi connectivity index (χ3v) is 3.02. The van der Waals surface area contributed by atoms with E-state index in [4.69, 9.17) is 5.84 Å². The molecule has 2 unspecified atom stereocenters. The summed E-state index contributed by atoms with van der Waals surface area (Å²) in [6.45, 7) is 7.87. The molecule has 0 aliphatic heterocycles. The van der Waals surface area contributed by atoms with Gasteiger partial charge in [0.15, 0.2) is 5.78 Å². The third kappa shape index (κ3) is 9.12. The van der Waals surface area contributed by atoms with Crippen molar-refractivity contribution in [2.45, 2.75) is 44.8 Å². The monoisotopic (exact) mass is 316 g/mol. The second kappa shape index (κ2) is 10.3.